The van der Waals surface area contributed by atoms with Gasteiger partial charge in [-0.1, -0.05) is 49.6 Å². The van der Waals surface area contributed by atoms with Crippen LogP contribution in [0.15, 0.2) is 42.7 Å². The van der Waals surface area contributed by atoms with Gasteiger partial charge >= 0.3 is 0 Å². The number of methoxy groups -OCH3 is 1. The monoisotopic (exact) mass is 447 g/mol. The Kier molecular flexibility index (Phi) is 6.19. The molecule has 0 spiro atoms. The molecule has 4 aromatic rings. The van der Waals surface area contributed by atoms with Crippen molar-refractivity contribution in [1.29, 1.82) is 0 Å². The van der Waals surface area contributed by atoms with Gasteiger partial charge in [-0.3, -0.25) is 0 Å². The molecule has 1 saturated carbocycles. The molecule has 0 unspecified atom stereocenters. The van der Waals surface area contributed by atoms with Crippen LogP contribution in [-0.4, -0.2) is 39.8 Å². The van der Waals surface area contributed by atoms with E-state index in [0.29, 0.717) is 24.9 Å². The standard InChI is InChI=1S/C25H29N5OS/c1-30-15-13-27-24(30)23-28-22(26-14-16-31-2)20-19(17-9-5-3-6-10-17)21(32-25(20)29-23)18-11-7-4-8-12-18/h3,5-6,9-10,13,15,18H,4,7-8,11-12,14,16H2,1-2H3,(H,26,28,29). The first-order valence-electron chi connectivity index (χ1n) is 11.4. The Morgan fingerprint density at radius 1 is 1.12 bits per heavy atom. The van der Waals surface area contributed by atoms with Crippen molar-refractivity contribution in [2.75, 3.05) is 25.6 Å². The molecule has 7 heteroatoms. The normalized spacial score (nSPS) is 14.8. The van der Waals surface area contributed by atoms with Gasteiger partial charge in [0.05, 0.1) is 12.0 Å². The topological polar surface area (TPSA) is 64.9 Å². The summed E-state index contributed by atoms with van der Waals surface area (Å²) < 4.78 is 7.26. The van der Waals surface area contributed by atoms with Crippen LogP contribution in [0.5, 0.6) is 0 Å². The molecule has 32 heavy (non-hydrogen) atoms. The molecule has 166 valence electrons. The average molecular weight is 448 g/mol. The first-order valence-corrected chi connectivity index (χ1v) is 12.2. The fourth-order valence-corrected chi connectivity index (χ4v) is 6.01. The van der Waals surface area contributed by atoms with Gasteiger partial charge in [0, 0.05) is 43.5 Å². The number of imidazole rings is 1. The second-order valence-electron chi connectivity index (χ2n) is 8.40. The van der Waals surface area contributed by atoms with E-state index in [1.807, 2.05) is 29.1 Å². The number of aromatic nitrogens is 4. The summed E-state index contributed by atoms with van der Waals surface area (Å²) in [6.07, 6.45) is 10.2. The molecule has 1 aromatic carbocycles. The number of anilines is 1. The maximum absolute atomic E-state index is 5.29. The summed E-state index contributed by atoms with van der Waals surface area (Å²) in [4.78, 5) is 17.0. The summed E-state index contributed by atoms with van der Waals surface area (Å²) in [5.41, 5.74) is 2.53. The maximum atomic E-state index is 5.29. The van der Waals surface area contributed by atoms with E-state index in [4.69, 9.17) is 14.7 Å². The van der Waals surface area contributed by atoms with Gasteiger partial charge in [-0.15, -0.1) is 11.3 Å². The van der Waals surface area contributed by atoms with Gasteiger partial charge in [0.15, 0.2) is 11.6 Å². The third-order valence-electron chi connectivity index (χ3n) is 6.24. The zero-order valence-electron chi connectivity index (χ0n) is 18.7. The van der Waals surface area contributed by atoms with Crippen molar-refractivity contribution in [2.45, 2.75) is 38.0 Å². The van der Waals surface area contributed by atoms with Gasteiger partial charge in [0.2, 0.25) is 0 Å². The number of ether oxygens (including phenoxy) is 1. The number of benzene rings is 1. The van der Waals surface area contributed by atoms with Crippen LogP contribution in [0, 0.1) is 0 Å². The highest BCUT2D eigenvalue weighted by Gasteiger charge is 2.27. The minimum Gasteiger partial charge on any atom is -0.383 e. The van der Waals surface area contributed by atoms with E-state index in [-0.39, 0.29) is 0 Å². The lowest BCUT2D eigenvalue weighted by Gasteiger charge is -2.22. The predicted octanol–water partition coefficient (Wildman–Crippen LogP) is 5.86. The van der Waals surface area contributed by atoms with Crippen LogP contribution < -0.4 is 5.32 Å². The van der Waals surface area contributed by atoms with Crippen LogP contribution >= 0.6 is 11.3 Å². The third kappa shape index (κ3) is 4.02. The number of fused-ring (bicyclic) bond motifs is 1. The van der Waals surface area contributed by atoms with Crippen LogP contribution in [0.3, 0.4) is 0 Å². The third-order valence-corrected chi connectivity index (χ3v) is 7.48. The van der Waals surface area contributed by atoms with Gasteiger partial charge in [-0.2, -0.15) is 0 Å². The fourth-order valence-electron chi connectivity index (χ4n) is 4.64. The number of rotatable bonds is 7. The molecular weight excluding hydrogens is 418 g/mol. The number of nitrogens with one attached hydrogen (secondary N) is 1. The summed E-state index contributed by atoms with van der Waals surface area (Å²) >= 11 is 1.84. The molecule has 3 aromatic heterocycles. The van der Waals surface area contributed by atoms with Crippen LogP contribution in [0.1, 0.15) is 42.9 Å². The number of thiophene rings is 1. The summed E-state index contributed by atoms with van der Waals surface area (Å²) in [5.74, 6) is 2.88. The van der Waals surface area contributed by atoms with E-state index in [1.54, 1.807) is 13.3 Å². The van der Waals surface area contributed by atoms with E-state index >= 15 is 0 Å². The summed E-state index contributed by atoms with van der Waals surface area (Å²) in [6.45, 7) is 1.30. The van der Waals surface area contributed by atoms with Crippen LogP contribution in [0.4, 0.5) is 5.82 Å². The molecule has 3 heterocycles. The Morgan fingerprint density at radius 2 is 1.94 bits per heavy atom. The van der Waals surface area contributed by atoms with Gasteiger partial charge in [-0.25, -0.2) is 15.0 Å². The molecule has 0 atom stereocenters. The first kappa shape index (κ1) is 21.1. The van der Waals surface area contributed by atoms with Crippen LogP contribution in [0.25, 0.3) is 33.0 Å². The highest BCUT2D eigenvalue weighted by atomic mass is 32.1. The van der Waals surface area contributed by atoms with Crippen LogP contribution in [0.2, 0.25) is 0 Å². The lowest BCUT2D eigenvalue weighted by Crippen LogP contribution is -2.10. The van der Waals surface area contributed by atoms with Crippen molar-refractivity contribution in [3.05, 3.63) is 47.6 Å². The molecule has 0 radical (unpaired) electrons. The van der Waals surface area contributed by atoms with E-state index in [0.717, 1.165) is 21.9 Å². The first-order chi connectivity index (χ1) is 15.8. The van der Waals surface area contributed by atoms with Gasteiger partial charge in [0.25, 0.3) is 0 Å². The molecule has 0 amide bonds. The van der Waals surface area contributed by atoms with E-state index < -0.39 is 0 Å². The second kappa shape index (κ2) is 9.38. The van der Waals surface area contributed by atoms with Crippen molar-refractivity contribution >= 4 is 27.4 Å². The highest BCUT2D eigenvalue weighted by Crippen LogP contribution is 2.48. The minimum atomic E-state index is 0.585. The molecule has 0 aliphatic heterocycles. The van der Waals surface area contributed by atoms with Gasteiger partial charge < -0.3 is 14.6 Å². The molecule has 1 N–H and O–H groups in total. The zero-order valence-corrected chi connectivity index (χ0v) is 19.5. The molecule has 0 bridgehead atoms. The van der Waals surface area contributed by atoms with Crippen LogP contribution in [-0.2, 0) is 11.8 Å². The highest BCUT2D eigenvalue weighted by molar-refractivity contribution is 7.19. The van der Waals surface area contributed by atoms with E-state index in [1.165, 1.54) is 48.1 Å². The summed E-state index contributed by atoms with van der Waals surface area (Å²) in [5, 5.41) is 4.65. The molecule has 1 fully saturated rings. The Hall–Kier alpha value is -2.77. The minimum absolute atomic E-state index is 0.585. The van der Waals surface area contributed by atoms with Crippen molar-refractivity contribution < 1.29 is 4.74 Å². The molecule has 6 nitrogen and oxygen atoms in total. The lowest BCUT2D eigenvalue weighted by molar-refractivity contribution is 0.210. The quantitative estimate of drug-likeness (QED) is 0.359. The van der Waals surface area contributed by atoms with Gasteiger partial charge in [-0.05, 0) is 24.3 Å². The van der Waals surface area contributed by atoms with E-state index in [2.05, 4.69) is 40.6 Å². The zero-order chi connectivity index (χ0) is 21.9. The van der Waals surface area contributed by atoms with E-state index in [9.17, 15) is 0 Å². The number of nitrogens with zero attached hydrogens (tertiary/aromatic N) is 4. The number of aryl methyl sites for hydroxylation is 1. The molecule has 5 rings (SSSR count). The number of hydrogen-bond acceptors (Lipinski definition) is 6. The maximum Gasteiger partial charge on any atom is 0.199 e. The SMILES string of the molecule is COCCNc1nc(-c2nccn2C)nc2sc(C3CCCCC3)c(-c3ccccc3)c12. The molecule has 0 saturated heterocycles. The Balaban J connectivity index is 1.74. The van der Waals surface area contributed by atoms with Crippen molar-refractivity contribution in [1.82, 2.24) is 19.5 Å². The van der Waals surface area contributed by atoms with Crippen molar-refractivity contribution in [3.63, 3.8) is 0 Å². The molecule has 1 aliphatic rings. The summed E-state index contributed by atoms with van der Waals surface area (Å²) in [7, 11) is 3.70. The smallest absolute Gasteiger partial charge is 0.199 e. The largest absolute Gasteiger partial charge is 0.383 e. The Labute approximate surface area is 192 Å². The molecular formula is C25H29N5OS. The molecule has 1 aliphatic carbocycles. The summed E-state index contributed by atoms with van der Waals surface area (Å²) in [6, 6.07) is 10.7. The average Bonchev–Trinajstić information content (AvgIpc) is 3.44. The Bertz CT molecular complexity index is 1190. The fraction of sp³-hybridized carbons (Fsp3) is 0.400. The second-order valence-corrected chi connectivity index (χ2v) is 9.43. The number of hydrogen-bond donors (Lipinski definition) is 1. The lowest BCUT2D eigenvalue weighted by atomic mass is 9.85. The van der Waals surface area contributed by atoms with Crippen molar-refractivity contribution in [3.8, 4) is 22.8 Å². The van der Waals surface area contributed by atoms with Crippen molar-refractivity contribution in [2.24, 2.45) is 7.05 Å². The predicted molar refractivity (Wildman–Crippen MR) is 131 cm³/mol. The Morgan fingerprint density at radius 3 is 2.66 bits per heavy atom. The van der Waals surface area contributed by atoms with Gasteiger partial charge in [0.1, 0.15) is 10.6 Å².